The predicted molar refractivity (Wildman–Crippen MR) is 54.4 cm³/mol. The summed E-state index contributed by atoms with van der Waals surface area (Å²) in [4.78, 5) is 0. The van der Waals surface area contributed by atoms with Gasteiger partial charge in [-0.1, -0.05) is 6.92 Å². The van der Waals surface area contributed by atoms with Crippen LogP contribution >= 0.6 is 0 Å². The second-order valence-corrected chi connectivity index (χ2v) is 3.17. The standard InChI is InChI=1S/C9H18N4O/c1-3-6-14-7-8(12-10)9-4-5-11-13(9)2/h4-5,8,12H,3,6-7,10H2,1-2H3. The van der Waals surface area contributed by atoms with Gasteiger partial charge in [0.05, 0.1) is 18.3 Å². The quantitative estimate of drug-likeness (QED) is 0.393. The van der Waals surface area contributed by atoms with Crippen molar-refractivity contribution in [3.05, 3.63) is 18.0 Å². The molecule has 5 nitrogen and oxygen atoms in total. The summed E-state index contributed by atoms with van der Waals surface area (Å²) in [6, 6.07) is 1.94. The molecule has 3 N–H and O–H groups in total. The first-order valence-corrected chi connectivity index (χ1v) is 4.81. The lowest BCUT2D eigenvalue weighted by atomic mass is 10.2. The molecule has 0 amide bonds. The van der Waals surface area contributed by atoms with Crippen molar-refractivity contribution in [2.45, 2.75) is 19.4 Å². The molecule has 1 heterocycles. The molecule has 5 heteroatoms. The minimum Gasteiger partial charge on any atom is -0.379 e. The molecular formula is C9H18N4O. The van der Waals surface area contributed by atoms with E-state index in [-0.39, 0.29) is 6.04 Å². The summed E-state index contributed by atoms with van der Waals surface area (Å²) in [5.41, 5.74) is 3.75. The Morgan fingerprint density at radius 3 is 3.00 bits per heavy atom. The maximum Gasteiger partial charge on any atom is 0.0862 e. The van der Waals surface area contributed by atoms with Gasteiger partial charge in [-0.2, -0.15) is 5.10 Å². The van der Waals surface area contributed by atoms with E-state index in [4.69, 9.17) is 10.6 Å². The maximum atomic E-state index is 5.44. The summed E-state index contributed by atoms with van der Waals surface area (Å²) in [7, 11) is 1.89. The van der Waals surface area contributed by atoms with Gasteiger partial charge in [0, 0.05) is 19.9 Å². The van der Waals surface area contributed by atoms with E-state index in [1.165, 1.54) is 0 Å². The molecule has 0 spiro atoms. The van der Waals surface area contributed by atoms with Gasteiger partial charge in [0.25, 0.3) is 0 Å². The van der Waals surface area contributed by atoms with E-state index >= 15 is 0 Å². The third-order valence-corrected chi connectivity index (χ3v) is 2.05. The normalized spacial score (nSPS) is 13.1. The molecule has 0 aliphatic carbocycles. The van der Waals surface area contributed by atoms with Crippen LogP contribution in [0.25, 0.3) is 0 Å². The Morgan fingerprint density at radius 1 is 1.71 bits per heavy atom. The minimum absolute atomic E-state index is 0.00838. The molecule has 80 valence electrons. The smallest absolute Gasteiger partial charge is 0.0862 e. The summed E-state index contributed by atoms with van der Waals surface area (Å²) >= 11 is 0. The molecule has 0 bridgehead atoms. The average molecular weight is 198 g/mol. The van der Waals surface area contributed by atoms with Crippen LogP contribution in [0.3, 0.4) is 0 Å². The molecule has 1 aromatic rings. The topological polar surface area (TPSA) is 65.1 Å². The van der Waals surface area contributed by atoms with Gasteiger partial charge in [0.15, 0.2) is 0 Å². The molecule has 0 saturated carbocycles. The van der Waals surface area contributed by atoms with E-state index in [9.17, 15) is 0 Å². The van der Waals surface area contributed by atoms with E-state index in [2.05, 4.69) is 17.4 Å². The molecule has 1 aromatic heterocycles. The number of nitrogens with two attached hydrogens (primary N) is 1. The number of hydrogen-bond acceptors (Lipinski definition) is 4. The first-order chi connectivity index (χ1) is 6.79. The highest BCUT2D eigenvalue weighted by molar-refractivity contribution is 5.06. The van der Waals surface area contributed by atoms with Crippen LogP contribution in [0.15, 0.2) is 12.3 Å². The first-order valence-electron chi connectivity index (χ1n) is 4.81. The predicted octanol–water partition coefficient (Wildman–Crippen LogP) is 0.351. The zero-order chi connectivity index (χ0) is 10.4. The van der Waals surface area contributed by atoms with Crippen LogP contribution in [-0.2, 0) is 11.8 Å². The monoisotopic (exact) mass is 198 g/mol. The van der Waals surface area contributed by atoms with Gasteiger partial charge in [-0.15, -0.1) is 0 Å². The highest BCUT2D eigenvalue weighted by Crippen LogP contribution is 2.10. The molecule has 1 unspecified atom stereocenters. The van der Waals surface area contributed by atoms with Crippen molar-refractivity contribution >= 4 is 0 Å². The third kappa shape index (κ3) is 2.80. The van der Waals surface area contributed by atoms with E-state index in [1.807, 2.05) is 13.1 Å². The fourth-order valence-electron chi connectivity index (χ4n) is 1.29. The molecule has 0 aliphatic heterocycles. The van der Waals surface area contributed by atoms with Crippen molar-refractivity contribution < 1.29 is 4.74 Å². The Balaban J connectivity index is 2.50. The van der Waals surface area contributed by atoms with Crippen molar-refractivity contribution in [3.8, 4) is 0 Å². The van der Waals surface area contributed by atoms with E-state index in [0.717, 1.165) is 18.7 Å². The molecule has 0 aromatic carbocycles. The van der Waals surface area contributed by atoms with Gasteiger partial charge in [-0.05, 0) is 12.5 Å². The Morgan fingerprint density at radius 2 is 2.50 bits per heavy atom. The lowest BCUT2D eigenvalue weighted by molar-refractivity contribution is 0.110. The van der Waals surface area contributed by atoms with Crippen molar-refractivity contribution in [1.29, 1.82) is 0 Å². The van der Waals surface area contributed by atoms with E-state index in [1.54, 1.807) is 10.9 Å². The van der Waals surface area contributed by atoms with Gasteiger partial charge in [0.1, 0.15) is 0 Å². The van der Waals surface area contributed by atoms with Crippen LogP contribution in [0.1, 0.15) is 25.1 Å². The van der Waals surface area contributed by atoms with Crippen LogP contribution in [0.5, 0.6) is 0 Å². The van der Waals surface area contributed by atoms with Crippen LogP contribution in [0, 0.1) is 0 Å². The van der Waals surface area contributed by atoms with Gasteiger partial charge < -0.3 is 4.74 Å². The lowest BCUT2D eigenvalue weighted by Crippen LogP contribution is -2.32. The zero-order valence-corrected chi connectivity index (χ0v) is 8.73. The van der Waals surface area contributed by atoms with Gasteiger partial charge in [0.2, 0.25) is 0 Å². The Labute approximate surface area is 84.2 Å². The van der Waals surface area contributed by atoms with Crippen molar-refractivity contribution in [2.24, 2.45) is 12.9 Å². The van der Waals surface area contributed by atoms with Gasteiger partial charge in [-0.3, -0.25) is 10.5 Å². The molecule has 0 radical (unpaired) electrons. The number of nitrogens with zero attached hydrogens (tertiary/aromatic N) is 2. The molecule has 0 aliphatic rings. The molecule has 1 atom stereocenters. The Hall–Kier alpha value is -0.910. The lowest BCUT2D eigenvalue weighted by Gasteiger charge is -2.15. The Bertz CT molecular complexity index is 261. The molecule has 1 rings (SSSR count). The minimum atomic E-state index is 0.00838. The highest BCUT2D eigenvalue weighted by Gasteiger charge is 2.12. The number of aryl methyl sites for hydroxylation is 1. The summed E-state index contributed by atoms with van der Waals surface area (Å²) in [5, 5.41) is 4.08. The average Bonchev–Trinajstić information content (AvgIpc) is 2.60. The number of hydrogen-bond donors (Lipinski definition) is 2. The van der Waals surface area contributed by atoms with Gasteiger partial charge in [-0.25, -0.2) is 5.43 Å². The van der Waals surface area contributed by atoms with E-state index in [0.29, 0.717) is 6.61 Å². The Kier molecular flexibility index (Phi) is 4.58. The largest absolute Gasteiger partial charge is 0.379 e. The van der Waals surface area contributed by atoms with Crippen LogP contribution in [0.2, 0.25) is 0 Å². The second-order valence-electron chi connectivity index (χ2n) is 3.17. The van der Waals surface area contributed by atoms with Crippen molar-refractivity contribution in [2.75, 3.05) is 13.2 Å². The summed E-state index contributed by atoms with van der Waals surface area (Å²) < 4.78 is 7.22. The number of rotatable bonds is 6. The first kappa shape index (κ1) is 11.2. The van der Waals surface area contributed by atoms with Gasteiger partial charge >= 0.3 is 0 Å². The van der Waals surface area contributed by atoms with E-state index < -0.39 is 0 Å². The SMILES string of the molecule is CCCOCC(NN)c1ccnn1C. The van der Waals surface area contributed by atoms with Crippen molar-refractivity contribution in [1.82, 2.24) is 15.2 Å². The summed E-state index contributed by atoms with van der Waals surface area (Å²) in [6.45, 7) is 3.41. The van der Waals surface area contributed by atoms with Crippen LogP contribution in [0.4, 0.5) is 0 Å². The molecular weight excluding hydrogens is 180 g/mol. The highest BCUT2D eigenvalue weighted by atomic mass is 16.5. The summed E-state index contributed by atoms with van der Waals surface area (Å²) in [6.07, 6.45) is 2.77. The number of aromatic nitrogens is 2. The summed E-state index contributed by atoms with van der Waals surface area (Å²) in [5.74, 6) is 5.44. The third-order valence-electron chi connectivity index (χ3n) is 2.05. The fraction of sp³-hybridized carbons (Fsp3) is 0.667. The second kappa shape index (κ2) is 5.74. The van der Waals surface area contributed by atoms with Crippen LogP contribution < -0.4 is 11.3 Å². The molecule has 14 heavy (non-hydrogen) atoms. The number of ether oxygens (including phenoxy) is 1. The maximum absolute atomic E-state index is 5.44. The van der Waals surface area contributed by atoms with Crippen LogP contribution in [-0.4, -0.2) is 23.0 Å². The van der Waals surface area contributed by atoms with Crippen molar-refractivity contribution in [3.63, 3.8) is 0 Å². The number of nitrogens with one attached hydrogen (secondary N) is 1. The zero-order valence-electron chi connectivity index (χ0n) is 8.73. The number of hydrazine groups is 1. The molecule has 0 saturated heterocycles. The fourth-order valence-corrected chi connectivity index (χ4v) is 1.29. The molecule has 0 fully saturated rings.